The SMILES string of the molecule is CNC(c1ccc(F)cn1)C1CCCCC1. The molecule has 1 N–H and O–H groups in total. The molecular weight excluding hydrogens is 203 g/mol. The van der Waals surface area contributed by atoms with Crippen LogP contribution in [0.5, 0.6) is 0 Å². The van der Waals surface area contributed by atoms with Gasteiger partial charge in [0.05, 0.1) is 17.9 Å². The summed E-state index contributed by atoms with van der Waals surface area (Å²) in [6, 6.07) is 3.57. The van der Waals surface area contributed by atoms with Crippen LogP contribution < -0.4 is 5.32 Å². The van der Waals surface area contributed by atoms with E-state index < -0.39 is 0 Å². The second-order valence-electron chi connectivity index (χ2n) is 4.57. The van der Waals surface area contributed by atoms with Crippen LogP contribution >= 0.6 is 0 Å². The standard InChI is InChI=1S/C13H19FN2/c1-15-13(10-5-3-2-4-6-10)12-8-7-11(14)9-16-12/h7-10,13,15H,2-6H2,1H3. The molecule has 3 heteroatoms. The van der Waals surface area contributed by atoms with Crippen LogP contribution in [0.25, 0.3) is 0 Å². The highest BCUT2D eigenvalue weighted by Gasteiger charge is 2.24. The van der Waals surface area contributed by atoms with Crippen LogP contribution in [0.1, 0.15) is 43.8 Å². The van der Waals surface area contributed by atoms with E-state index in [9.17, 15) is 4.39 Å². The third-order valence-corrected chi connectivity index (χ3v) is 3.50. The molecule has 1 aliphatic carbocycles. The molecule has 88 valence electrons. The lowest BCUT2D eigenvalue weighted by Gasteiger charge is -2.29. The zero-order valence-corrected chi connectivity index (χ0v) is 9.75. The van der Waals surface area contributed by atoms with Crippen molar-refractivity contribution in [3.8, 4) is 0 Å². The number of hydrogen-bond donors (Lipinski definition) is 1. The fourth-order valence-electron chi connectivity index (χ4n) is 2.66. The van der Waals surface area contributed by atoms with E-state index in [1.54, 1.807) is 6.07 Å². The third kappa shape index (κ3) is 2.59. The van der Waals surface area contributed by atoms with Gasteiger partial charge in [-0.3, -0.25) is 4.98 Å². The number of pyridine rings is 1. The van der Waals surface area contributed by atoms with Crippen LogP contribution in [0.3, 0.4) is 0 Å². The molecule has 1 aromatic heterocycles. The molecule has 1 heterocycles. The maximum absolute atomic E-state index is 12.8. The van der Waals surface area contributed by atoms with E-state index in [0.29, 0.717) is 5.92 Å². The predicted molar refractivity (Wildman–Crippen MR) is 62.6 cm³/mol. The molecule has 1 atom stereocenters. The monoisotopic (exact) mass is 222 g/mol. The number of rotatable bonds is 3. The summed E-state index contributed by atoms with van der Waals surface area (Å²) >= 11 is 0. The largest absolute Gasteiger partial charge is 0.311 e. The minimum absolute atomic E-state index is 0.262. The van der Waals surface area contributed by atoms with Crippen molar-refractivity contribution in [2.45, 2.75) is 38.1 Å². The van der Waals surface area contributed by atoms with Gasteiger partial charge in [-0.05, 0) is 37.9 Å². The van der Waals surface area contributed by atoms with E-state index in [4.69, 9.17) is 0 Å². The average molecular weight is 222 g/mol. The van der Waals surface area contributed by atoms with E-state index in [1.165, 1.54) is 44.4 Å². The Labute approximate surface area is 96.3 Å². The molecule has 1 aromatic rings. The van der Waals surface area contributed by atoms with E-state index in [0.717, 1.165) is 5.69 Å². The van der Waals surface area contributed by atoms with Crippen molar-refractivity contribution < 1.29 is 4.39 Å². The first-order valence-corrected chi connectivity index (χ1v) is 6.10. The van der Waals surface area contributed by atoms with Gasteiger partial charge in [-0.15, -0.1) is 0 Å². The molecule has 0 radical (unpaired) electrons. The summed E-state index contributed by atoms with van der Waals surface area (Å²) in [5.41, 5.74) is 0.968. The first kappa shape index (κ1) is 11.5. The molecule has 0 aliphatic heterocycles. The Hall–Kier alpha value is -0.960. The highest BCUT2D eigenvalue weighted by molar-refractivity contribution is 5.11. The first-order valence-electron chi connectivity index (χ1n) is 6.10. The van der Waals surface area contributed by atoms with Gasteiger partial charge in [0.15, 0.2) is 0 Å². The topological polar surface area (TPSA) is 24.9 Å². The minimum atomic E-state index is -0.262. The van der Waals surface area contributed by atoms with E-state index in [1.807, 2.05) is 7.05 Å². The highest BCUT2D eigenvalue weighted by Crippen LogP contribution is 2.33. The molecule has 2 nitrogen and oxygen atoms in total. The molecule has 0 bridgehead atoms. The van der Waals surface area contributed by atoms with Crippen molar-refractivity contribution in [3.63, 3.8) is 0 Å². The Kier molecular flexibility index (Phi) is 3.88. The minimum Gasteiger partial charge on any atom is -0.311 e. The molecule has 0 saturated heterocycles. The van der Waals surface area contributed by atoms with Gasteiger partial charge < -0.3 is 5.32 Å². The molecule has 1 fully saturated rings. The maximum atomic E-state index is 12.8. The van der Waals surface area contributed by atoms with Crippen molar-refractivity contribution in [2.75, 3.05) is 7.05 Å². The van der Waals surface area contributed by atoms with Crippen molar-refractivity contribution >= 4 is 0 Å². The van der Waals surface area contributed by atoms with E-state index in [2.05, 4.69) is 10.3 Å². The number of hydrogen-bond acceptors (Lipinski definition) is 2. The first-order chi connectivity index (χ1) is 7.81. The molecule has 1 aliphatic rings. The second kappa shape index (κ2) is 5.39. The Bertz CT molecular complexity index is 317. The number of halogens is 1. The number of nitrogens with one attached hydrogen (secondary N) is 1. The van der Waals surface area contributed by atoms with Gasteiger partial charge in [-0.1, -0.05) is 19.3 Å². The molecule has 2 rings (SSSR count). The molecule has 16 heavy (non-hydrogen) atoms. The lowest BCUT2D eigenvalue weighted by Crippen LogP contribution is -2.27. The van der Waals surface area contributed by atoms with Crippen LogP contribution in [0.15, 0.2) is 18.3 Å². The zero-order valence-electron chi connectivity index (χ0n) is 9.75. The molecule has 0 amide bonds. The third-order valence-electron chi connectivity index (χ3n) is 3.50. The van der Waals surface area contributed by atoms with Crippen LogP contribution in [0, 0.1) is 11.7 Å². The summed E-state index contributed by atoms with van der Waals surface area (Å²) in [7, 11) is 1.96. The Balaban J connectivity index is 2.11. The van der Waals surface area contributed by atoms with E-state index >= 15 is 0 Å². The van der Waals surface area contributed by atoms with Gasteiger partial charge >= 0.3 is 0 Å². The Morgan fingerprint density at radius 2 is 2.06 bits per heavy atom. The Morgan fingerprint density at radius 1 is 1.31 bits per heavy atom. The quantitative estimate of drug-likeness (QED) is 0.850. The summed E-state index contributed by atoms with van der Waals surface area (Å²) in [6.45, 7) is 0. The van der Waals surface area contributed by atoms with Crippen LogP contribution in [-0.2, 0) is 0 Å². The molecule has 1 unspecified atom stereocenters. The average Bonchev–Trinajstić information content (AvgIpc) is 2.34. The summed E-state index contributed by atoms with van der Waals surface area (Å²) in [5, 5.41) is 3.32. The van der Waals surface area contributed by atoms with Crippen molar-refractivity contribution in [3.05, 3.63) is 29.8 Å². The second-order valence-corrected chi connectivity index (χ2v) is 4.57. The molecule has 0 spiro atoms. The Morgan fingerprint density at radius 3 is 2.62 bits per heavy atom. The summed E-state index contributed by atoms with van der Waals surface area (Å²) in [4.78, 5) is 4.19. The lowest BCUT2D eigenvalue weighted by atomic mass is 9.82. The van der Waals surface area contributed by atoms with E-state index in [-0.39, 0.29) is 11.9 Å². The molecule has 0 aromatic carbocycles. The summed E-state index contributed by atoms with van der Waals surface area (Å²) < 4.78 is 12.8. The molecular formula is C13H19FN2. The van der Waals surface area contributed by atoms with Gasteiger partial charge in [0.1, 0.15) is 5.82 Å². The van der Waals surface area contributed by atoms with Crippen molar-refractivity contribution in [1.82, 2.24) is 10.3 Å². The van der Waals surface area contributed by atoms with Gasteiger partial charge in [0, 0.05) is 0 Å². The van der Waals surface area contributed by atoms with Crippen LogP contribution in [0.4, 0.5) is 4.39 Å². The predicted octanol–water partition coefficient (Wildman–Crippen LogP) is 3.06. The van der Waals surface area contributed by atoms with Gasteiger partial charge in [0.25, 0.3) is 0 Å². The fraction of sp³-hybridized carbons (Fsp3) is 0.615. The van der Waals surface area contributed by atoms with Gasteiger partial charge in [0.2, 0.25) is 0 Å². The fourth-order valence-corrected chi connectivity index (χ4v) is 2.66. The number of nitrogens with zero attached hydrogens (tertiary/aromatic N) is 1. The molecule has 1 saturated carbocycles. The summed E-state index contributed by atoms with van der Waals surface area (Å²) in [5.74, 6) is 0.388. The zero-order chi connectivity index (χ0) is 11.4. The van der Waals surface area contributed by atoms with Crippen molar-refractivity contribution in [1.29, 1.82) is 0 Å². The maximum Gasteiger partial charge on any atom is 0.141 e. The lowest BCUT2D eigenvalue weighted by molar-refractivity contribution is 0.277. The van der Waals surface area contributed by atoms with Crippen molar-refractivity contribution in [2.24, 2.45) is 5.92 Å². The van der Waals surface area contributed by atoms with Crippen LogP contribution in [0.2, 0.25) is 0 Å². The smallest absolute Gasteiger partial charge is 0.141 e. The normalized spacial score (nSPS) is 19.6. The highest BCUT2D eigenvalue weighted by atomic mass is 19.1. The van der Waals surface area contributed by atoms with Gasteiger partial charge in [-0.2, -0.15) is 0 Å². The summed E-state index contributed by atoms with van der Waals surface area (Å²) in [6.07, 6.45) is 7.79. The van der Waals surface area contributed by atoms with Gasteiger partial charge in [-0.25, -0.2) is 4.39 Å². The van der Waals surface area contributed by atoms with Crippen LogP contribution in [-0.4, -0.2) is 12.0 Å². The number of aromatic nitrogens is 1.